The lowest BCUT2D eigenvalue weighted by Gasteiger charge is -2.11. The number of nitrogens with one attached hydrogen (secondary N) is 1. The van der Waals surface area contributed by atoms with Gasteiger partial charge in [-0.1, -0.05) is 6.07 Å². The van der Waals surface area contributed by atoms with Crippen molar-refractivity contribution in [3.63, 3.8) is 0 Å². The smallest absolute Gasteiger partial charge is 0.340 e. The first kappa shape index (κ1) is 24.2. The van der Waals surface area contributed by atoms with E-state index in [1.807, 2.05) is 23.8 Å². The standard InChI is InChI=1S/C26H21FN4O5S/c1-4-36-25(33)20-21-23(29-26(34)31(24(21)32)17-8-6-16(27)7-9-17)37-22(20)15-5-10-18(19(11-15)35-3)30-12-14(2)28-13-30/h5-13H,4H2,1-3H3,(H,29,34). The molecule has 5 rings (SSSR count). The Kier molecular flexibility index (Phi) is 6.22. The third-order valence-corrected chi connectivity index (χ3v) is 6.90. The van der Waals surface area contributed by atoms with Crippen molar-refractivity contribution < 1.29 is 18.7 Å². The Morgan fingerprint density at radius 1 is 1.16 bits per heavy atom. The Morgan fingerprint density at radius 2 is 1.92 bits per heavy atom. The van der Waals surface area contributed by atoms with E-state index in [4.69, 9.17) is 9.47 Å². The average Bonchev–Trinajstić information content (AvgIpc) is 3.48. The van der Waals surface area contributed by atoms with Crippen molar-refractivity contribution in [3.8, 4) is 27.6 Å². The zero-order chi connectivity index (χ0) is 26.3. The molecule has 0 aliphatic carbocycles. The number of benzene rings is 2. The topological polar surface area (TPSA) is 108 Å². The molecule has 0 unspecified atom stereocenters. The van der Waals surface area contributed by atoms with Gasteiger partial charge in [0.25, 0.3) is 5.56 Å². The zero-order valence-corrected chi connectivity index (χ0v) is 20.9. The number of methoxy groups -OCH3 is 1. The molecule has 3 aromatic heterocycles. The van der Waals surface area contributed by atoms with E-state index in [-0.39, 0.29) is 28.1 Å². The maximum absolute atomic E-state index is 13.6. The van der Waals surface area contributed by atoms with Crippen LogP contribution in [-0.4, -0.2) is 38.8 Å². The van der Waals surface area contributed by atoms with E-state index in [9.17, 15) is 18.8 Å². The fraction of sp³-hybridized carbons (Fsp3) is 0.154. The summed E-state index contributed by atoms with van der Waals surface area (Å²) in [6.45, 7) is 3.63. The van der Waals surface area contributed by atoms with Crippen LogP contribution in [-0.2, 0) is 4.74 Å². The SMILES string of the molecule is CCOC(=O)c1c(-c2ccc(-n3cnc(C)c3)c(OC)c2)sc2[nH]c(=O)n(-c3ccc(F)cc3)c(=O)c12. The van der Waals surface area contributed by atoms with Crippen LogP contribution >= 0.6 is 11.3 Å². The highest BCUT2D eigenvalue weighted by Gasteiger charge is 2.27. The first-order chi connectivity index (χ1) is 17.8. The van der Waals surface area contributed by atoms with Crippen LogP contribution in [0.4, 0.5) is 4.39 Å². The highest BCUT2D eigenvalue weighted by atomic mass is 32.1. The Hall–Kier alpha value is -4.51. The summed E-state index contributed by atoms with van der Waals surface area (Å²) >= 11 is 1.09. The molecule has 0 fully saturated rings. The Labute approximate surface area is 213 Å². The summed E-state index contributed by atoms with van der Waals surface area (Å²) in [6, 6.07) is 10.3. The quantitative estimate of drug-likeness (QED) is 0.336. The van der Waals surface area contributed by atoms with Gasteiger partial charge in [-0.15, -0.1) is 11.3 Å². The summed E-state index contributed by atoms with van der Waals surface area (Å²) in [7, 11) is 1.53. The number of H-pyrrole nitrogens is 1. The van der Waals surface area contributed by atoms with Crippen molar-refractivity contribution in [3.05, 3.63) is 92.9 Å². The molecule has 0 aliphatic rings. The van der Waals surface area contributed by atoms with E-state index in [0.717, 1.165) is 39.4 Å². The second-order valence-electron chi connectivity index (χ2n) is 8.09. The van der Waals surface area contributed by atoms with Crippen molar-refractivity contribution in [1.82, 2.24) is 19.1 Å². The fourth-order valence-corrected chi connectivity index (χ4v) is 5.26. The normalized spacial score (nSPS) is 11.1. The average molecular weight is 521 g/mol. The number of carbonyl (C=O) groups is 1. The van der Waals surface area contributed by atoms with Crippen molar-refractivity contribution in [2.24, 2.45) is 0 Å². The number of ether oxygens (including phenoxy) is 2. The summed E-state index contributed by atoms with van der Waals surface area (Å²) in [6.07, 6.45) is 3.52. The number of halogens is 1. The van der Waals surface area contributed by atoms with Crippen LogP contribution in [0.15, 0.2) is 64.6 Å². The summed E-state index contributed by atoms with van der Waals surface area (Å²) < 4.78 is 27.0. The fourth-order valence-electron chi connectivity index (χ4n) is 4.09. The van der Waals surface area contributed by atoms with Gasteiger partial charge in [0, 0.05) is 6.20 Å². The summed E-state index contributed by atoms with van der Waals surface area (Å²) in [5, 5.41) is 0.00986. The molecule has 1 N–H and O–H groups in total. The molecule has 37 heavy (non-hydrogen) atoms. The lowest BCUT2D eigenvalue weighted by Crippen LogP contribution is -2.33. The molecular weight excluding hydrogens is 499 g/mol. The zero-order valence-electron chi connectivity index (χ0n) is 20.1. The Bertz CT molecular complexity index is 1760. The largest absolute Gasteiger partial charge is 0.495 e. The van der Waals surface area contributed by atoms with E-state index >= 15 is 0 Å². The molecule has 188 valence electrons. The molecule has 9 nitrogen and oxygen atoms in total. The lowest BCUT2D eigenvalue weighted by atomic mass is 10.1. The number of aromatic amines is 1. The van der Waals surface area contributed by atoms with Crippen LogP contribution in [0.25, 0.3) is 32.0 Å². The monoisotopic (exact) mass is 520 g/mol. The van der Waals surface area contributed by atoms with E-state index in [1.165, 1.54) is 19.2 Å². The molecule has 3 heterocycles. The highest BCUT2D eigenvalue weighted by molar-refractivity contribution is 7.22. The summed E-state index contributed by atoms with van der Waals surface area (Å²) in [4.78, 5) is 47.2. The van der Waals surface area contributed by atoms with Crippen LogP contribution in [0.1, 0.15) is 23.0 Å². The number of hydrogen-bond donors (Lipinski definition) is 1. The van der Waals surface area contributed by atoms with Crippen LogP contribution in [0, 0.1) is 12.7 Å². The molecule has 0 saturated heterocycles. The Morgan fingerprint density at radius 3 is 2.57 bits per heavy atom. The van der Waals surface area contributed by atoms with Crippen LogP contribution < -0.4 is 16.0 Å². The van der Waals surface area contributed by atoms with Gasteiger partial charge >= 0.3 is 11.7 Å². The van der Waals surface area contributed by atoms with Crippen LogP contribution in [0.2, 0.25) is 0 Å². The molecule has 5 aromatic rings. The van der Waals surface area contributed by atoms with Crippen LogP contribution in [0.5, 0.6) is 5.75 Å². The minimum Gasteiger partial charge on any atom is -0.495 e. The molecule has 11 heteroatoms. The van der Waals surface area contributed by atoms with Gasteiger partial charge in [0.2, 0.25) is 0 Å². The Balaban J connectivity index is 1.76. The summed E-state index contributed by atoms with van der Waals surface area (Å²) in [5.41, 5.74) is 0.935. The maximum Gasteiger partial charge on any atom is 0.340 e. The molecular formula is C26H21FN4O5S. The summed E-state index contributed by atoms with van der Waals surface area (Å²) in [5.74, 6) is -0.700. The van der Waals surface area contributed by atoms with Gasteiger partial charge in [-0.25, -0.2) is 23.5 Å². The number of rotatable bonds is 6. The minimum absolute atomic E-state index is 0.00986. The van der Waals surface area contributed by atoms with Gasteiger partial charge in [0.05, 0.1) is 52.9 Å². The third kappa shape index (κ3) is 4.23. The molecule has 0 amide bonds. The number of aryl methyl sites for hydroxylation is 1. The number of hydrogen-bond acceptors (Lipinski definition) is 7. The number of fused-ring (bicyclic) bond motifs is 1. The molecule has 0 atom stereocenters. The van der Waals surface area contributed by atoms with Gasteiger partial charge in [-0.2, -0.15) is 0 Å². The number of imidazole rings is 1. The molecule has 0 saturated carbocycles. The first-order valence-corrected chi connectivity index (χ1v) is 12.1. The number of nitrogens with zero attached hydrogens (tertiary/aromatic N) is 3. The van der Waals surface area contributed by atoms with Gasteiger partial charge in [-0.3, -0.25) is 9.78 Å². The molecule has 0 bridgehead atoms. The highest BCUT2D eigenvalue weighted by Crippen LogP contribution is 2.39. The lowest BCUT2D eigenvalue weighted by molar-refractivity contribution is 0.0530. The van der Waals surface area contributed by atoms with E-state index < -0.39 is 23.0 Å². The first-order valence-electron chi connectivity index (χ1n) is 11.3. The molecule has 2 aromatic carbocycles. The minimum atomic E-state index is -0.714. The maximum atomic E-state index is 13.6. The predicted molar refractivity (Wildman–Crippen MR) is 138 cm³/mol. The predicted octanol–water partition coefficient (Wildman–Crippen LogP) is 4.23. The third-order valence-electron chi connectivity index (χ3n) is 5.74. The molecule has 0 spiro atoms. The van der Waals surface area contributed by atoms with Crippen LogP contribution in [0.3, 0.4) is 0 Å². The molecule has 0 aliphatic heterocycles. The molecule has 0 radical (unpaired) electrons. The van der Waals surface area contributed by atoms with Gasteiger partial charge in [0.1, 0.15) is 16.4 Å². The second kappa shape index (κ2) is 9.51. The number of carbonyl (C=O) groups excluding carboxylic acids is 1. The van der Waals surface area contributed by atoms with Crippen molar-refractivity contribution in [1.29, 1.82) is 0 Å². The van der Waals surface area contributed by atoms with Crippen molar-refractivity contribution in [2.75, 3.05) is 13.7 Å². The van der Waals surface area contributed by atoms with Crippen molar-refractivity contribution in [2.45, 2.75) is 13.8 Å². The second-order valence-corrected chi connectivity index (χ2v) is 9.11. The number of aromatic nitrogens is 4. The van der Waals surface area contributed by atoms with E-state index in [1.54, 1.807) is 25.4 Å². The number of thiophene rings is 1. The number of esters is 1. The van der Waals surface area contributed by atoms with Crippen molar-refractivity contribution >= 4 is 27.5 Å². The van der Waals surface area contributed by atoms with E-state index in [2.05, 4.69) is 9.97 Å². The van der Waals surface area contributed by atoms with Gasteiger partial charge in [-0.05, 0) is 55.8 Å². The van der Waals surface area contributed by atoms with Gasteiger partial charge < -0.3 is 14.0 Å². The van der Waals surface area contributed by atoms with E-state index in [0.29, 0.717) is 16.2 Å². The van der Waals surface area contributed by atoms with Gasteiger partial charge in [0.15, 0.2) is 0 Å².